The van der Waals surface area contributed by atoms with Crippen molar-refractivity contribution in [3.05, 3.63) is 24.0 Å². The minimum atomic E-state index is -1.02. The van der Waals surface area contributed by atoms with Crippen LogP contribution in [-0.2, 0) is 11.3 Å². The minimum Gasteiger partial charge on any atom is -0.384 e. The molecule has 6 heteroatoms. The summed E-state index contributed by atoms with van der Waals surface area (Å²) in [5.41, 5.74) is 7.44. The van der Waals surface area contributed by atoms with Crippen molar-refractivity contribution in [3.8, 4) is 0 Å². The van der Waals surface area contributed by atoms with Crippen LogP contribution in [0.2, 0.25) is 25.7 Å². The molecule has 2 N–H and O–H groups in total. The zero-order chi connectivity index (χ0) is 13.2. The molecule has 0 bridgehead atoms. The molecule has 2 aromatic heterocycles. The van der Waals surface area contributed by atoms with E-state index in [2.05, 4.69) is 29.7 Å². The number of ether oxygens (including phenoxy) is 1. The third kappa shape index (κ3) is 3.30. The zero-order valence-corrected chi connectivity index (χ0v) is 12.2. The fourth-order valence-electron chi connectivity index (χ4n) is 1.59. The molecule has 0 saturated heterocycles. The van der Waals surface area contributed by atoms with E-state index in [1.54, 1.807) is 16.8 Å². The van der Waals surface area contributed by atoms with Crippen molar-refractivity contribution in [1.29, 1.82) is 0 Å². The number of fused-ring (bicyclic) bond motifs is 1. The van der Waals surface area contributed by atoms with E-state index >= 15 is 0 Å². The predicted octanol–water partition coefficient (Wildman–Crippen LogP) is 2.17. The first-order valence-electron chi connectivity index (χ1n) is 6.13. The second-order valence-corrected chi connectivity index (χ2v) is 11.3. The van der Waals surface area contributed by atoms with E-state index in [1.165, 1.54) is 6.04 Å². The van der Waals surface area contributed by atoms with Gasteiger partial charge in [0.25, 0.3) is 0 Å². The van der Waals surface area contributed by atoms with Gasteiger partial charge >= 0.3 is 0 Å². The number of nitrogen functional groups attached to an aromatic ring is 1. The van der Waals surface area contributed by atoms with Gasteiger partial charge in [-0.15, -0.1) is 0 Å². The van der Waals surface area contributed by atoms with Gasteiger partial charge in [-0.05, 0) is 12.1 Å². The Morgan fingerprint density at radius 1 is 1.39 bits per heavy atom. The molecular formula is C12H20N4OSi. The molecule has 98 valence electrons. The summed E-state index contributed by atoms with van der Waals surface area (Å²) >= 11 is 0. The standard InChI is InChI=1S/C12H20N4OSi/c1-18(2,3)7-6-17-9-10-8-12-14-5-4-11(13)16(12)15-10/h4-5,8H,6-7,9,13H2,1-3H3. The molecule has 0 radical (unpaired) electrons. The largest absolute Gasteiger partial charge is 0.384 e. The molecule has 0 aliphatic carbocycles. The average Bonchev–Trinajstić information content (AvgIpc) is 2.68. The molecule has 0 aromatic carbocycles. The lowest BCUT2D eigenvalue weighted by molar-refractivity contribution is 0.130. The highest BCUT2D eigenvalue weighted by Gasteiger charge is 2.12. The van der Waals surface area contributed by atoms with Gasteiger partial charge in [-0.3, -0.25) is 0 Å². The Balaban J connectivity index is 1.94. The van der Waals surface area contributed by atoms with Gasteiger partial charge in [0.2, 0.25) is 0 Å². The Hall–Kier alpha value is -1.40. The van der Waals surface area contributed by atoms with Gasteiger partial charge in [0.05, 0.1) is 12.3 Å². The fraction of sp³-hybridized carbons (Fsp3) is 0.500. The zero-order valence-electron chi connectivity index (χ0n) is 11.2. The van der Waals surface area contributed by atoms with Crippen molar-refractivity contribution in [1.82, 2.24) is 14.6 Å². The number of anilines is 1. The number of hydrogen-bond acceptors (Lipinski definition) is 4. The Kier molecular flexibility index (Phi) is 3.67. The van der Waals surface area contributed by atoms with Gasteiger partial charge in [0, 0.05) is 26.9 Å². The van der Waals surface area contributed by atoms with Gasteiger partial charge in [0.15, 0.2) is 5.65 Å². The van der Waals surface area contributed by atoms with Crippen LogP contribution in [-0.4, -0.2) is 29.3 Å². The molecule has 2 rings (SSSR count). The van der Waals surface area contributed by atoms with Gasteiger partial charge in [-0.25, -0.2) is 4.98 Å². The van der Waals surface area contributed by atoms with Crippen molar-refractivity contribution in [2.45, 2.75) is 32.3 Å². The molecule has 0 amide bonds. The second kappa shape index (κ2) is 5.07. The Labute approximate surface area is 108 Å². The minimum absolute atomic E-state index is 0.521. The van der Waals surface area contributed by atoms with Crippen LogP contribution in [0.4, 0.5) is 5.82 Å². The molecule has 0 atom stereocenters. The number of nitrogens with two attached hydrogens (primary N) is 1. The third-order valence-electron chi connectivity index (χ3n) is 2.68. The highest BCUT2D eigenvalue weighted by molar-refractivity contribution is 6.76. The lowest BCUT2D eigenvalue weighted by Crippen LogP contribution is -2.21. The fourth-order valence-corrected chi connectivity index (χ4v) is 2.34. The van der Waals surface area contributed by atoms with Crippen LogP contribution in [0.3, 0.4) is 0 Å². The second-order valence-electron chi connectivity index (χ2n) is 5.64. The summed E-state index contributed by atoms with van der Waals surface area (Å²) in [4.78, 5) is 4.20. The maximum absolute atomic E-state index is 5.81. The summed E-state index contributed by atoms with van der Waals surface area (Å²) in [6.45, 7) is 8.34. The number of rotatable bonds is 5. The van der Waals surface area contributed by atoms with Crippen LogP contribution < -0.4 is 5.73 Å². The van der Waals surface area contributed by atoms with E-state index in [9.17, 15) is 0 Å². The molecule has 0 fully saturated rings. The quantitative estimate of drug-likeness (QED) is 0.664. The molecule has 0 spiro atoms. The van der Waals surface area contributed by atoms with E-state index in [-0.39, 0.29) is 0 Å². The van der Waals surface area contributed by atoms with E-state index in [4.69, 9.17) is 10.5 Å². The van der Waals surface area contributed by atoms with Gasteiger partial charge < -0.3 is 10.5 Å². The highest BCUT2D eigenvalue weighted by atomic mass is 28.3. The van der Waals surface area contributed by atoms with Crippen LogP contribution in [0.25, 0.3) is 5.65 Å². The van der Waals surface area contributed by atoms with E-state index in [1.807, 2.05) is 6.07 Å². The van der Waals surface area contributed by atoms with Gasteiger partial charge in [-0.2, -0.15) is 9.61 Å². The van der Waals surface area contributed by atoms with Crippen LogP contribution >= 0.6 is 0 Å². The first-order valence-corrected chi connectivity index (χ1v) is 9.83. The first-order chi connectivity index (χ1) is 8.46. The molecule has 2 heterocycles. The lowest BCUT2D eigenvalue weighted by atomic mass is 10.4. The van der Waals surface area contributed by atoms with E-state index in [0.29, 0.717) is 12.4 Å². The molecule has 0 unspecified atom stereocenters. The van der Waals surface area contributed by atoms with Crippen LogP contribution in [0.15, 0.2) is 18.3 Å². The summed E-state index contributed by atoms with van der Waals surface area (Å²) in [7, 11) is -1.02. The normalized spacial score (nSPS) is 12.2. The SMILES string of the molecule is C[Si](C)(C)CCOCc1cc2nccc(N)n2n1. The van der Waals surface area contributed by atoms with Crippen molar-refractivity contribution in [3.63, 3.8) is 0 Å². The lowest BCUT2D eigenvalue weighted by Gasteiger charge is -2.14. The highest BCUT2D eigenvalue weighted by Crippen LogP contribution is 2.11. The van der Waals surface area contributed by atoms with Gasteiger partial charge in [0.1, 0.15) is 5.82 Å². The molecule has 0 aliphatic heterocycles. The number of nitrogens with zero attached hydrogens (tertiary/aromatic N) is 3. The van der Waals surface area contributed by atoms with Crippen LogP contribution in [0.5, 0.6) is 0 Å². The molecule has 2 aromatic rings. The molecule has 0 saturated carbocycles. The maximum atomic E-state index is 5.81. The Morgan fingerprint density at radius 3 is 2.83 bits per heavy atom. The van der Waals surface area contributed by atoms with Crippen LogP contribution in [0, 0.1) is 0 Å². The molecule has 18 heavy (non-hydrogen) atoms. The van der Waals surface area contributed by atoms with E-state index in [0.717, 1.165) is 17.9 Å². The molecule has 0 aliphatic rings. The van der Waals surface area contributed by atoms with E-state index < -0.39 is 8.07 Å². The van der Waals surface area contributed by atoms with Crippen molar-refractivity contribution < 1.29 is 4.74 Å². The predicted molar refractivity (Wildman–Crippen MR) is 75.2 cm³/mol. The van der Waals surface area contributed by atoms with Gasteiger partial charge in [-0.1, -0.05) is 19.6 Å². The van der Waals surface area contributed by atoms with Crippen LogP contribution in [0.1, 0.15) is 5.69 Å². The monoisotopic (exact) mass is 264 g/mol. The summed E-state index contributed by atoms with van der Waals surface area (Å²) in [5, 5.41) is 4.36. The summed E-state index contributed by atoms with van der Waals surface area (Å²) < 4.78 is 7.29. The third-order valence-corrected chi connectivity index (χ3v) is 4.39. The topological polar surface area (TPSA) is 65.4 Å². The first kappa shape index (κ1) is 13.0. The summed E-state index contributed by atoms with van der Waals surface area (Å²) in [6.07, 6.45) is 1.68. The Bertz CT molecular complexity index is 532. The smallest absolute Gasteiger partial charge is 0.157 e. The molecule has 5 nitrogen and oxygen atoms in total. The molecular weight excluding hydrogens is 244 g/mol. The summed E-state index contributed by atoms with van der Waals surface area (Å²) in [5.74, 6) is 0.591. The average molecular weight is 264 g/mol. The number of hydrogen-bond donors (Lipinski definition) is 1. The van der Waals surface area contributed by atoms with Crippen molar-refractivity contribution in [2.24, 2.45) is 0 Å². The summed E-state index contributed by atoms with van der Waals surface area (Å²) in [6, 6.07) is 4.81. The number of aromatic nitrogens is 3. The van der Waals surface area contributed by atoms with Crippen molar-refractivity contribution in [2.75, 3.05) is 12.3 Å². The Morgan fingerprint density at radius 2 is 2.17 bits per heavy atom. The van der Waals surface area contributed by atoms with Crippen molar-refractivity contribution >= 4 is 19.5 Å². The maximum Gasteiger partial charge on any atom is 0.157 e.